The molecule has 2 atom stereocenters. The Kier molecular flexibility index (Phi) is 2.98. The molecule has 3 heterocycles. The van der Waals surface area contributed by atoms with E-state index in [2.05, 4.69) is 19.9 Å². The molecule has 1 aliphatic heterocycles. The minimum Gasteiger partial charge on any atom is -0.396 e. The lowest BCUT2D eigenvalue weighted by atomic mass is 10.0. The van der Waals surface area contributed by atoms with E-state index < -0.39 is 5.72 Å². The Balaban J connectivity index is 1.87. The van der Waals surface area contributed by atoms with E-state index in [-0.39, 0.29) is 18.5 Å². The number of aromatic nitrogens is 4. The van der Waals surface area contributed by atoms with Crippen molar-refractivity contribution in [2.75, 3.05) is 30.3 Å². The molecule has 0 bridgehead atoms. The summed E-state index contributed by atoms with van der Waals surface area (Å²) in [5.74, 6) is 0.696. The maximum Gasteiger partial charge on any atom is 0.224 e. The van der Waals surface area contributed by atoms with Gasteiger partial charge in [-0.3, -0.25) is 4.57 Å². The summed E-state index contributed by atoms with van der Waals surface area (Å²) in [5.41, 5.74) is 5.90. The van der Waals surface area contributed by atoms with Crippen molar-refractivity contribution in [2.45, 2.75) is 31.4 Å². The lowest BCUT2D eigenvalue weighted by molar-refractivity contribution is -0.0844. The molecule has 1 saturated heterocycles. The largest absolute Gasteiger partial charge is 0.396 e. The Labute approximate surface area is 127 Å². The van der Waals surface area contributed by atoms with Crippen molar-refractivity contribution in [2.24, 2.45) is 5.92 Å². The van der Waals surface area contributed by atoms with Gasteiger partial charge in [-0.2, -0.15) is 9.97 Å². The predicted octanol–water partition coefficient (Wildman–Crippen LogP) is 0.0561. The first-order chi connectivity index (χ1) is 10.6. The second-order valence-corrected chi connectivity index (χ2v) is 6.18. The van der Waals surface area contributed by atoms with Gasteiger partial charge in [0.2, 0.25) is 5.95 Å². The quantitative estimate of drug-likeness (QED) is 0.734. The fraction of sp³-hybridized carbons (Fsp3) is 0.643. The van der Waals surface area contributed by atoms with E-state index >= 15 is 0 Å². The van der Waals surface area contributed by atoms with Gasteiger partial charge in [0.15, 0.2) is 17.0 Å². The predicted molar refractivity (Wildman–Crippen MR) is 81.2 cm³/mol. The summed E-state index contributed by atoms with van der Waals surface area (Å²) in [7, 11) is 0. The highest BCUT2D eigenvalue weighted by Gasteiger charge is 2.43. The molecule has 0 radical (unpaired) electrons. The maximum atomic E-state index is 11.0. The van der Waals surface area contributed by atoms with Crippen LogP contribution < -0.4 is 10.6 Å². The van der Waals surface area contributed by atoms with E-state index in [1.165, 1.54) is 0 Å². The molecule has 2 aliphatic rings. The zero-order chi connectivity index (χ0) is 15.3. The highest BCUT2D eigenvalue weighted by atomic mass is 16.3. The molecule has 2 unspecified atom stereocenters. The van der Waals surface area contributed by atoms with Crippen molar-refractivity contribution in [1.82, 2.24) is 19.5 Å². The molecule has 0 amide bonds. The number of hydrogen-bond acceptors (Lipinski definition) is 7. The molecule has 8 heteroatoms. The third-order valence-corrected chi connectivity index (χ3v) is 4.94. The molecule has 8 nitrogen and oxygen atoms in total. The number of hydrogen-bond donors (Lipinski definition) is 3. The normalized spacial score (nSPS) is 28.3. The summed E-state index contributed by atoms with van der Waals surface area (Å²) in [4.78, 5) is 15.1. The summed E-state index contributed by atoms with van der Waals surface area (Å²) >= 11 is 0. The third kappa shape index (κ3) is 1.80. The third-order valence-electron chi connectivity index (χ3n) is 4.94. The molecular formula is C14H20N6O2. The smallest absolute Gasteiger partial charge is 0.224 e. The van der Waals surface area contributed by atoms with Crippen LogP contribution in [0, 0.1) is 5.92 Å². The number of aliphatic hydroxyl groups excluding tert-OH is 1. The van der Waals surface area contributed by atoms with Crippen molar-refractivity contribution >= 4 is 22.9 Å². The highest BCUT2D eigenvalue weighted by Crippen LogP contribution is 2.41. The van der Waals surface area contributed by atoms with Crippen LogP contribution in [0.5, 0.6) is 0 Å². The lowest BCUT2D eigenvalue weighted by Crippen LogP contribution is -2.39. The Morgan fingerprint density at radius 3 is 2.82 bits per heavy atom. The zero-order valence-corrected chi connectivity index (χ0v) is 12.3. The van der Waals surface area contributed by atoms with Crippen molar-refractivity contribution < 1.29 is 10.2 Å². The van der Waals surface area contributed by atoms with Crippen LogP contribution in [-0.2, 0) is 5.72 Å². The lowest BCUT2D eigenvalue weighted by Gasteiger charge is -2.32. The van der Waals surface area contributed by atoms with Crippen molar-refractivity contribution in [1.29, 1.82) is 0 Å². The van der Waals surface area contributed by atoms with Gasteiger partial charge in [-0.1, -0.05) is 0 Å². The van der Waals surface area contributed by atoms with Crippen LogP contribution in [-0.4, -0.2) is 49.4 Å². The van der Waals surface area contributed by atoms with Crippen LogP contribution in [0.1, 0.15) is 25.7 Å². The van der Waals surface area contributed by atoms with Gasteiger partial charge in [-0.25, -0.2) is 4.98 Å². The standard InChI is InChI=1S/C14H20N6O2/c15-13-17-11(19-5-2-6-19)10-12(18-13)20(8-16-10)14(22)4-1-3-9(14)7-21/h8-9,21-22H,1-7H2,(H2,15,17,18). The fourth-order valence-electron chi connectivity index (χ4n) is 3.53. The van der Waals surface area contributed by atoms with Crippen LogP contribution in [0.15, 0.2) is 6.33 Å². The maximum absolute atomic E-state index is 11.0. The van der Waals surface area contributed by atoms with Crippen LogP contribution >= 0.6 is 0 Å². The number of aliphatic hydroxyl groups is 2. The number of fused-ring (bicyclic) bond motifs is 1. The number of rotatable bonds is 3. The minimum absolute atomic E-state index is 0.0598. The Morgan fingerprint density at radius 2 is 2.14 bits per heavy atom. The van der Waals surface area contributed by atoms with Gasteiger partial charge in [-0.05, 0) is 25.7 Å². The molecule has 0 spiro atoms. The van der Waals surface area contributed by atoms with Crippen molar-refractivity contribution in [3.8, 4) is 0 Å². The Bertz CT molecular complexity index is 713. The average molecular weight is 304 g/mol. The van der Waals surface area contributed by atoms with E-state index in [0.29, 0.717) is 17.6 Å². The van der Waals surface area contributed by atoms with E-state index in [1.54, 1.807) is 10.9 Å². The van der Waals surface area contributed by atoms with Gasteiger partial charge in [0.25, 0.3) is 0 Å². The van der Waals surface area contributed by atoms with Gasteiger partial charge >= 0.3 is 0 Å². The molecule has 1 saturated carbocycles. The number of nitrogen functional groups attached to an aromatic ring is 1. The average Bonchev–Trinajstić information content (AvgIpc) is 3.00. The molecule has 2 fully saturated rings. The summed E-state index contributed by atoms with van der Waals surface area (Å²) in [6.45, 7) is 1.81. The number of nitrogens with zero attached hydrogens (tertiary/aromatic N) is 5. The van der Waals surface area contributed by atoms with Crippen LogP contribution in [0.3, 0.4) is 0 Å². The van der Waals surface area contributed by atoms with Crippen LogP contribution in [0.25, 0.3) is 11.2 Å². The molecule has 1 aliphatic carbocycles. The van der Waals surface area contributed by atoms with Gasteiger partial charge < -0.3 is 20.8 Å². The number of anilines is 2. The molecular weight excluding hydrogens is 284 g/mol. The highest BCUT2D eigenvalue weighted by molar-refractivity contribution is 5.85. The Morgan fingerprint density at radius 1 is 1.32 bits per heavy atom. The summed E-state index contributed by atoms with van der Waals surface area (Å²) < 4.78 is 1.66. The van der Waals surface area contributed by atoms with Gasteiger partial charge in [0.05, 0.1) is 12.9 Å². The Hall–Kier alpha value is -1.93. The first kappa shape index (κ1) is 13.7. The topological polar surface area (TPSA) is 113 Å². The molecule has 2 aromatic rings. The molecule has 2 aromatic heterocycles. The van der Waals surface area contributed by atoms with E-state index in [4.69, 9.17) is 5.73 Å². The summed E-state index contributed by atoms with van der Waals surface area (Å²) in [5, 5.41) is 20.6. The zero-order valence-electron chi connectivity index (χ0n) is 12.3. The first-order valence-electron chi connectivity index (χ1n) is 7.72. The van der Waals surface area contributed by atoms with Crippen LogP contribution in [0.2, 0.25) is 0 Å². The number of nitrogens with two attached hydrogens (primary N) is 1. The molecule has 22 heavy (non-hydrogen) atoms. The monoisotopic (exact) mass is 304 g/mol. The second-order valence-electron chi connectivity index (χ2n) is 6.18. The van der Waals surface area contributed by atoms with E-state index in [1.807, 2.05) is 0 Å². The molecule has 4 rings (SSSR count). The second kappa shape index (κ2) is 4.79. The number of imidazole rings is 1. The first-order valence-corrected chi connectivity index (χ1v) is 7.72. The van der Waals surface area contributed by atoms with Gasteiger partial charge in [0.1, 0.15) is 5.72 Å². The van der Waals surface area contributed by atoms with E-state index in [0.717, 1.165) is 38.2 Å². The fourth-order valence-corrected chi connectivity index (χ4v) is 3.53. The molecule has 0 aromatic carbocycles. The van der Waals surface area contributed by atoms with Crippen molar-refractivity contribution in [3.63, 3.8) is 0 Å². The SMILES string of the molecule is Nc1nc(N2CCC2)c2ncn(C3(O)CCCC3CO)c2n1. The summed E-state index contributed by atoms with van der Waals surface area (Å²) in [6.07, 6.45) is 4.94. The summed E-state index contributed by atoms with van der Waals surface area (Å²) in [6, 6.07) is 0. The minimum atomic E-state index is -1.16. The van der Waals surface area contributed by atoms with Gasteiger partial charge in [-0.15, -0.1) is 0 Å². The van der Waals surface area contributed by atoms with Gasteiger partial charge in [0, 0.05) is 19.0 Å². The van der Waals surface area contributed by atoms with Crippen LogP contribution in [0.4, 0.5) is 11.8 Å². The van der Waals surface area contributed by atoms with E-state index in [9.17, 15) is 10.2 Å². The molecule has 4 N–H and O–H groups in total. The van der Waals surface area contributed by atoms with Crippen molar-refractivity contribution in [3.05, 3.63) is 6.33 Å². The molecule has 118 valence electrons.